The highest BCUT2D eigenvalue weighted by atomic mass is 16.5. The summed E-state index contributed by atoms with van der Waals surface area (Å²) in [5.41, 5.74) is 0. The molecule has 0 bridgehead atoms. The van der Waals surface area contributed by atoms with E-state index in [-0.39, 0.29) is 5.91 Å². The predicted molar refractivity (Wildman–Crippen MR) is 73.0 cm³/mol. The number of hydrogen-bond donors (Lipinski definition) is 2. The summed E-state index contributed by atoms with van der Waals surface area (Å²) < 4.78 is 4.88. The Bertz CT molecular complexity index is 399. The third kappa shape index (κ3) is 5.00. The second-order valence-corrected chi connectivity index (χ2v) is 4.95. The van der Waals surface area contributed by atoms with Gasteiger partial charge in [0.1, 0.15) is 5.76 Å². The van der Waals surface area contributed by atoms with Crippen LogP contribution in [-0.4, -0.2) is 48.7 Å². The first kappa shape index (κ1) is 14.0. The number of carbonyl (C=O) groups is 1. The van der Waals surface area contributed by atoms with Crippen molar-refractivity contribution in [2.24, 2.45) is 0 Å². The third-order valence-corrected chi connectivity index (χ3v) is 3.23. The van der Waals surface area contributed by atoms with Gasteiger partial charge in [-0.1, -0.05) is 11.6 Å². The van der Waals surface area contributed by atoms with E-state index in [1.54, 1.807) is 13.0 Å². The van der Waals surface area contributed by atoms with Gasteiger partial charge in [0.15, 0.2) is 5.82 Å². The van der Waals surface area contributed by atoms with Gasteiger partial charge in [0.25, 0.3) is 0 Å². The maximum Gasteiger partial charge on any atom is 0.239 e. The van der Waals surface area contributed by atoms with Crippen LogP contribution in [0.1, 0.15) is 25.0 Å². The lowest BCUT2D eigenvalue weighted by Crippen LogP contribution is -2.38. The monoisotopic (exact) mass is 266 g/mol. The molecular formula is C13H22N4O2. The maximum atomic E-state index is 11.6. The number of aromatic nitrogens is 1. The Morgan fingerprint density at radius 3 is 2.89 bits per heavy atom. The first-order valence-electron chi connectivity index (χ1n) is 6.90. The summed E-state index contributed by atoms with van der Waals surface area (Å²) in [5.74, 6) is 1.07. The molecule has 1 amide bonds. The summed E-state index contributed by atoms with van der Waals surface area (Å²) in [6, 6.07) is 1.70. The summed E-state index contributed by atoms with van der Waals surface area (Å²) in [5, 5.41) is 9.54. The van der Waals surface area contributed by atoms with Gasteiger partial charge >= 0.3 is 0 Å². The van der Waals surface area contributed by atoms with Crippen molar-refractivity contribution < 1.29 is 9.32 Å². The van der Waals surface area contributed by atoms with Crippen LogP contribution < -0.4 is 10.6 Å². The number of piperidine rings is 1. The van der Waals surface area contributed by atoms with Crippen LogP contribution in [0.4, 0.5) is 5.82 Å². The molecule has 6 nitrogen and oxygen atoms in total. The van der Waals surface area contributed by atoms with E-state index in [9.17, 15) is 4.79 Å². The van der Waals surface area contributed by atoms with Gasteiger partial charge in [0.05, 0.1) is 6.54 Å². The van der Waals surface area contributed by atoms with Crippen molar-refractivity contribution in [1.29, 1.82) is 0 Å². The van der Waals surface area contributed by atoms with Crippen LogP contribution in [0.3, 0.4) is 0 Å². The Morgan fingerprint density at radius 2 is 2.21 bits per heavy atom. The molecule has 1 aromatic rings. The number of amides is 1. The van der Waals surface area contributed by atoms with Gasteiger partial charge in [-0.05, 0) is 32.9 Å². The van der Waals surface area contributed by atoms with Gasteiger partial charge in [-0.15, -0.1) is 0 Å². The SMILES string of the molecule is Cc1cc(NC(=O)CNCCN2CCCCC2)no1. The van der Waals surface area contributed by atoms with Crippen molar-refractivity contribution in [3.05, 3.63) is 11.8 Å². The molecule has 0 aromatic carbocycles. The molecule has 0 aliphatic carbocycles. The summed E-state index contributed by atoms with van der Waals surface area (Å²) in [4.78, 5) is 14.0. The van der Waals surface area contributed by atoms with Crippen LogP contribution in [0.5, 0.6) is 0 Å². The van der Waals surface area contributed by atoms with Crippen LogP contribution >= 0.6 is 0 Å². The Balaban J connectivity index is 1.56. The molecule has 106 valence electrons. The fourth-order valence-corrected chi connectivity index (χ4v) is 2.23. The van der Waals surface area contributed by atoms with E-state index < -0.39 is 0 Å². The van der Waals surface area contributed by atoms with E-state index in [0.29, 0.717) is 18.1 Å². The number of nitrogens with zero attached hydrogens (tertiary/aromatic N) is 2. The molecule has 6 heteroatoms. The van der Waals surface area contributed by atoms with E-state index in [1.165, 1.54) is 32.4 Å². The number of likely N-dealkylation sites (tertiary alicyclic amines) is 1. The molecule has 0 radical (unpaired) electrons. The quantitative estimate of drug-likeness (QED) is 0.752. The molecule has 0 unspecified atom stereocenters. The van der Waals surface area contributed by atoms with Gasteiger partial charge < -0.3 is 20.1 Å². The van der Waals surface area contributed by atoms with Crippen molar-refractivity contribution in [3.63, 3.8) is 0 Å². The Morgan fingerprint density at radius 1 is 1.42 bits per heavy atom. The molecule has 2 N–H and O–H groups in total. The molecule has 1 aliphatic heterocycles. The second-order valence-electron chi connectivity index (χ2n) is 4.95. The van der Waals surface area contributed by atoms with Crippen molar-refractivity contribution in [1.82, 2.24) is 15.4 Å². The predicted octanol–water partition coefficient (Wildman–Crippen LogP) is 0.997. The lowest BCUT2D eigenvalue weighted by atomic mass is 10.1. The van der Waals surface area contributed by atoms with E-state index in [0.717, 1.165) is 13.1 Å². The number of anilines is 1. The van der Waals surface area contributed by atoms with Crippen molar-refractivity contribution in [2.75, 3.05) is 38.0 Å². The van der Waals surface area contributed by atoms with Gasteiger partial charge in [0, 0.05) is 19.2 Å². The standard InChI is InChI=1S/C13H22N4O2/c1-11-9-12(16-19-11)15-13(18)10-14-5-8-17-6-3-2-4-7-17/h9,14H,2-8,10H2,1H3,(H,15,16,18). The van der Waals surface area contributed by atoms with Crippen molar-refractivity contribution in [3.8, 4) is 0 Å². The second kappa shape index (κ2) is 7.25. The molecule has 2 heterocycles. The summed E-state index contributed by atoms with van der Waals surface area (Å²) in [7, 11) is 0. The van der Waals surface area contributed by atoms with Crippen molar-refractivity contribution in [2.45, 2.75) is 26.2 Å². The van der Waals surface area contributed by atoms with Gasteiger partial charge in [-0.25, -0.2) is 0 Å². The molecule has 1 aromatic heterocycles. The Kier molecular flexibility index (Phi) is 5.35. The highest BCUT2D eigenvalue weighted by Gasteiger charge is 2.09. The average Bonchev–Trinajstić information content (AvgIpc) is 2.81. The van der Waals surface area contributed by atoms with Crippen molar-refractivity contribution >= 4 is 11.7 Å². The van der Waals surface area contributed by atoms with E-state index in [1.807, 2.05) is 0 Å². The highest BCUT2D eigenvalue weighted by Crippen LogP contribution is 2.07. The van der Waals surface area contributed by atoms with Gasteiger partial charge in [-0.3, -0.25) is 4.79 Å². The minimum absolute atomic E-state index is 0.0908. The molecule has 2 rings (SSSR count). The number of carbonyl (C=O) groups excluding carboxylic acids is 1. The molecule has 0 saturated carbocycles. The normalized spacial score (nSPS) is 16.5. The van der Waals surface area contributed by atoms with E-state index in [4.69, 9.17) is 4.52 Å². The smallest absolute Gasteiger partial charge is 0.239 e. The summed E-state index contributed by atoms with van der Waals surface area (Å²) >= 11 is 0. The van der Waals surface area contributed by atoms with Gasteiger partial charge in [-0.2, -0.15) is 0 Å². The molecule has 1 aliphatic rings. The van der Waals surface area contributed by atoms with Crippen LogP contribution in [0.25, 0.3) is 0 Å². The zero-order valence-electron chi connectivity index (χ0n) is 11.4. The highest BCUT2D eigenvalue weighted by molar-refractivity contribution is 5.91. The summed E-state index contributed by atoms with van der Waals surface area (Å²) in [6.45, 7) is 6.32. The minimum Gasteiger partial charge on any atom is -0.360 e. The third-order valence-electron chi connectivity index (χ3n) is 3.23. The number of hydrogen-bond acceptors (Lipinski definition) is 5. The van der Waals surface area contributed by atoms with E-state index in [2.05, 4.69) is 20.7 Å². The first-order valence-corrected chi connectivity index (χ1v) is 6.90. The molecule has 19 heavy (non-hydrogen) atoms. The molecule has 0 spiro atoms. The lowest BCUT2D eigenvalue weighted by Gasteiger charge is -2.26. The lowest BCUT2D eigenvalue weighted by molar-refractivity contribution is -0.115. The molecule has 1 fully saturated rings. The fourth-order valence-electron chi connectivity index (χ4n) is 2.23. The van der Waals surface area contributed by atoms with Crippen LogP contribution in [0.2, 0.25) is 0 Å². The van der Waals surface area contributed by atoms with Crippen LogP contribution in [0.15, 0.2) is 10.6 Å². The van der Waals surface area contributed by atoms with Gasteiger partial charge in [0.2, 0.25) is 5.91 Å². The molecule has 0 atom stereocenters. The zero-order chi connectivity index (χ0) is 13.5. The minimum atomic E-state index is -0.0908. The van der Waals surface area contributed by atoms with Crippen LogP contribution in [0, 0.1) is 6.92 Å². The molecular weight excluding hydrogens is 244 g/mol. The number of rotatable bonds is 6. The fraction of sp³-hybridized carbons (Fsp3) is 0.692. The average molecular weight is 266 g/mol. The maximum absolute atomic E-state index is 11.6. The number of aryl methyl sites for hydroxylation is 1. The topological polar surface area (TPSA) is 70.4 Å². The first-order chi connectivity index (χ1) is 9.24. The molecule has 1 saturated heterocycles. The number of nitrogens with one attached hydrogen (secondary N) is 2. The van der Waals surface area contributed by atoms with Crippen LogP contribution in [-0.2, 0) is 4.79 Å². The Hall–Kier alpha value is -1.40. The van der Waals surface area contributed by atoms with E-state index >= 15 is 0 Å². The zero-order valence-corrected chi connectivity index (χ0v) is 11.4. The Labute approximate surface area is 113 Å². The summed E-state index contributed by atoms with van der Waals surface area (Å²) in [6.07, 6.45) is 3.95. The largest absolute Gasteiger partial charge is 0.360 e.